The molecule has 0 spiro atoms. The maximum Gasteiger partial charge on any atom is 2.00 e. The summed E-state index contributed by atoms with van der Waals surface area (Å²) in [5, 5.41) is 0. The molecule has 0 radical (unpaired) electrons. The second kappa shape index (κ2) is 20.9. The largest absolute Gasteiger partial charge is 2.00 e. The smallest absolute Gasteiger partial charge is 0.493 e. The Morgan fingerprint density at radius 3 is 1.53 bits per heavy atom. The first kappa shape index (κ1) is 36.0. The van der Waals surface area contributed by atoms with Gasteiger partial charge < -0.3 is 19.4 Å². The second-order valence-corrected chi connectivity index (χ2v) is 9.53. The summed E-state index contributed by atoms with van der Waals surface area (Å²) in [6.07, 6.45) is 12.9. The van der Waals surface area contributed by atoms with E-state index in [1.807, 2.05) is 0 Å². The molecule has 1 heterocycles. The molecule has 2 nitrogen and oxygen atoms in total. The molecular weight excluding hydrogens is 507 g/mol. The van der Waals surface area contributed by atoms with E-state index in [2.05, 4.69) is 90.1 Å². The van der Waals surface area contributed by atoms with Crippen LogP contribution in [0.15, 0.2) is 59.7 Å². The van der Waals surface area contributed by atoms with Gasteiger partial charge in [0, 0.05) is 22.3 Å². The molecule has 0 saturated heterocycles. The zero-order chi connectivity index (χ0) is 27.6. The van der Waals surface area contributed by atoms with Crippen LogP contribution < -0.4 is 0 Å². The van der Waals surface area contributed by atoms with Gasteiger partial charge in [-0.15, -0.1) is 0 Å². The first-order chi connectivity index (χ1) is 18.1. The number of hydrogen-bond acceptors (Lipinski definition) is 0. The predicted octanol–water partition coefficient (Wildman–Crippen LogP) is 11.2. The second-order valence-electron chi connectivity index (χ2n) is 9.53. The molecule has 212 valence electrons. The molecule has 0 saturated carbocycles. The first-order valence-electron chi connectivity index (χ1n) is 14.6. The van der Waals surface area contributed by atoms with Crippen LogP contribution in [0.25, 0.3) is 16.9 Å². The van der Waals surface area contributed by atoms with Gasteiger partial charge in [-0.3, -0.25) is 0 Å². The average molecular weight is 560 g/mol. The van der Waals surface area contributed by atoms with E-state index in [4.69, 9.17) is 0 Å². The number of allylic oxidation sites excluding steroid dienone is 2. The molecule has 1 aliphatic heterocycles. The van der Waals surface area contributed by atoms with Crippen LogP contribution in [0.3, 0.4) is 0 Å². The van der Waals surface area contributed by atoms with Crippen LogP contribution in [-0.4, -0.2) is 4.70 Å². The van der Waals surface area contributed by atoms with Crippen molar-refractivity contribution in [1.82, 2.24) is 0 Å². The van der Waals surface area contributed by atoms with Gasteiger partial charge in [-0.05, 0) is 80.8 Å². The van der Waals surface area contributed by atoms with Crippen LogP contribution in [0.5, 0.6) is 0 Å². The third-order valence-electron chi connectivity index (χ3n) is 6.84. The van der Waals surface area contributed by atoms with Gasteiger partial charge in [-0.1, -0.05) is 77.1 Å². The van der Waals surface area contributed by atoms with Crippen LogP contribution in [0.2, 0.25) is 0 Å². The Morgan fingerprint density at radius 1 is 0.632 bits per heavy atom. The van der Waals surface area contributed by atoms with Gasteiger partial charge >= 0.3 is 16.5 Å². The number of aryl methyl sites for hydroxylation is 2. The zero-order valence-electron chi connectivity index (χ0n) is 25.0. The summed E-state index contributed by atoms with van der Waals surface area (Å²) in [5.74, 6) is 0. The molecule has 3 heteroatoms. The maximum absolute atomic E-state index is 11.5. The molecule has 2 aromatic carbocycles. The number of nitrogens with zero attached hydrogens (tertiary/aromatic N) is 2. The minimum atomic E-state index is 0. The van der Waals surface area contributed by atoms with E-state index in [1.165, 1.54) is 65.5 Å². The topological polar surface area (TPSA) is 25.3 Å². The Labute approximate surface area is 245 Å². The molecule has 0 fully saturated rings. The van der Waals surface area contributed by atoms with Crippen LogP contribution in [0, 0.1) is 13.8 Å². The number of rotatable bonds is 13. The molecule has 0 unspecified atom stereocenters. The summed E-state index contributed by atoms with van der Waals surface area (Å²) in [5.41, 5.74) is 20.9. The maximum atomic E-state index is 11.5. The molecule has 0 aliphatic carbocycles. The molecule has 0 aromatic heterocycles. The zero-order valence-corrected chi connectivity index (χ0v) is 26.0. The molecular formula is C35H52N2Ni. The van der Waals surface area contributed by atoms with E-state index in [1.54, 1.807) is 13.8 Å². The fourth-order valence-corrected chi connectivity index (χ4v) is 4.92. The molecule has 3 rings (SSSR count). The van der Waals surface area contributed by atoms with Gasteiger partial charge in [0.1, 0.15) is 0 Å². The standard InChI is InChI=1S/C31H42N2.2C2H5.Ni/c1-5-8-11-15-25-17-13-19-27(22-25)30-24(4)29(21-10-7-3)31(33(30)32)28-20-14-18-26(23-28)16-12-9-6-2;2*1-2;/h13-14,17-20,22-23H,5-12,15-16,21H2,1-4H3;2*1H2,2H3;/q;2*-1;+2. The Bertz CT molecular complexity index is 1020. The summed E-state index contributed by atoms with van der Waals surface area (Å²) in [4.78, 5) is 0. The number of hydrogen-bond donors (Lipinski definition) is 0. The van der Waals surface area contributed by atoms with Gasteiger partial charge in [0.2, 0.25) is 11.4 Å². The van der Waals surface area contributed by atoms with Crippen molar-refractivity contribution in [3.05, 3.63) is 101 Å². The Balaban J connectivity index is 0.00000261. The molecule has 0 bridgehead atoms. The molecule has 2 aromatic rings. The van der Waals surface area contributed by atoms with Crippen molar-refractivity contribution in [2.45, 2.75) is 112 Å². The molecule has 38 heavy (non-hydrogen) atoms. The van der Waals surface area contributed by atoms with E-state index in [0.717, 1.165) is 54.6 Å². The summed E-state index contributed by atoms with van der Waals surface area (Å²) >= 11 is 0. The minimum Gasteiger partial charge on any atom is -0.493 e. The monoisotopic (exact) mass is 558 g/mol. The Morgan fingerprint density at radius 2 is 1.08 bits per heavy atom. The molecule has 0 N–H and O–H groups in total. The van der Waals surface area contributed by atoms with Crippen LogP contribution in [0.1, 0.15) is 122 Å². The van der Waals surface area contributed by atoms with Crippen molar-refractivity contribution in [2.75, 3.05) is 0 Å². The Kier molecular flexibility index (Phi) is 19.8. The fourth-order valence-electron chi connectivity index (χ4n) is 4.92. The van der Waals surface area contributed by atoms with Gasteiger partial charge in [-0.25, -0.2) is 4.70 Å². The quantitative estimate of drug-likeness (QED) is 0.101. The van der Waals surface area contributed by atoms with E-state index < -0.39 is 0 Å². The first-order valence-corrected chi connectivity index (χ1v) is 14.6. The van der Waals surface area contributed by atoms with Crippen molar-refractivity contribution in [2.24, 2.45) is 0 Å². The van der Waals surface area contributed by atoms with Gasteiger partial charge in [0.05, 0.1) is 0 Å². The SMILES string of the molecule is CCCCCc1cccc(C2=C(C)C(CCCC)=C(c3cccc(CCCCC)c3)[N+]2=[N-])c1.[CH2-]C.[CH2-]C.[Ni+2]. The third-order valence-corrected chi connectivity index (χ3v) is 6.84. The fraction of sp³-hybridized carbons (Fsp3) is 0.486. The summed E-state index contributed by atoms with van der Waals surface area (Å²) in [7, 11) is 0. The molecule has 0 amide bonds. The minimum absolute atomic E-state index is 0. The summed E-state index contributed by atoms with van der Waals surface area (Å²) < 4.78 is 1.48. The van der Waals surface area contributed by atoms with Crippen molar-refractivity contribution in [1.29, 1.82) is 0 Å². The van der Waals surface area contributed by atoms with Crippen molar-refractivity contribution in [3.63, 3.8) is 0 Å². The summed E-state index contributed by atoms with van der Waals surface area (Å²) in [6.45, 7) is 18.9. The van der Waals surface area contributed by atoms with Gasteiger partial charge in [-0.2, -0.15) is 13.8 Å². The van der Waals surface area contributed by atoms with E-state index >= 15 is 0 Å². The van der Waals surface area contributed by atoms with Gasteiger partial charge in [0.15, 0.2) is 0 Å². The average Bonchev–Trinajstić information content (AvgIpc) is 3.19. The van der Waals surface area contributed by atoms with Gasteiger partial charge in [0.25, 0.3) is 0 Å². The van der Waals surface area contributed by atoms with Crippen molar-refractivity contribution >= 4 is 11.4 Å². The molecule has 0 atom stereocenters. The number of unbranched alkanes of at least 4 members (excludes halogenated alkanes) is 5. The number of benzene rings is 2. The van der Waals surface area contributed by atoms with Crippen LogP contribution in [0.4, 0.5) is 0 Å². The van der Waals surface area contributed by atoms with Crippen LogP contribution in [-0.2, 0) is 29.3 Å². The van der Waals surface area contributed by atoms with E-state index in [9.17, 15) is 5.53 Å². The van der Waals surface area contributed by atoms with Crippen LogP contribution >= 0.6 is 0 Å². The Hall–Kier alpha value is -1.99. The third kappa shape index (κ3) is 10.3. The summed E-state index contributed by atoms with van der Waals surface area (Å²) in [6, 6.07) is 17.6. The van der Waals surface area contributed by atoms with E-state index in [-0.39, 0.29) is 16.5 Å². The normalized spacial score (nSPS) is 12.5. The van der Waals surface area contributed by atoms with Crippen molar-refractivity contribution < 1.29 is 21.2 Å². The molecule has 1 aliphatic rings. The van der Waals surface area contributed by atoms with E-state index in [0.29, 0.717) is 0 Å². The predicted molar refractivity (Wildman–Crippen MR) is 164 cm³/mol. The van der Waals surface area contributed by atoms with Crippen molar-refractivity contribution in [3.8, 4) is 0 Å².